The van der Waals surface area contributed by atoms with Crippen LogP contribution in [-0.4, -0.2) is 39.3 Å². The van der Waals surface area contributed by atoms with E-state index < -0.39 is 0 Å². The number of nitrogens with zero attached hydrogens (tertiary/aromatic N) is 3. The van der Waals surface area contributed by atoms with Crippen LogP contribution in [0.5, 0.6) is 0 Å². The van der Waals surface area contributed by atoms with E-state index in [1.54, 1.807) is 10.7 Å². The van der Waals surface area contributed by atoms with Crippen LogP contribution in [0.4, 0.5) is 4.79 Å². The Bertz CT molecular complexity index is 721. The van der Waals surface area contributed by atoms with Crippen molar-refractivity contribution in [2.24, 2.45) is 0 Å². The Balaban J connectivity index is 1.42. The molecular formula is C21H32N4O2. The molecule has 0 radical (unpaired) electrons. The van der Waals surface area contributed by atoms with Crippen LogP contribution in [0.15, 0.2) is 10.9 Å². The Hall–Kier alpha value is -1.85. The summed E-state index contributed by atoms with van der Waals surface area (Å²) in [4.78, 5) is 27.3. The fourth-order valence-corrected chi connectivity index (χ4v) is 4.91. The Morgan fingerprint density at radius 3 is 2.63 bits per heavy atom. The van der Waals surface area contributed by atoms with Crippen LogP contribution >= 0.6 is 0 Å². The first-order chi connectivity index (χ1) is 13.2. The van der Waals surface area contributed by atoms with Crippen molar-refractivity contribution in [3.05, 3.63) is 27.7 Å². The van der Waals surface area contributed by atoms with Crippen molar-refractivity contribution in [2.45, 2.75) is 95.7 Å². The molecule has 1 aromatic rings. The molecule has 148 valence electrons. The maximum absolute atomic E-state index is 12.9. The molecule has 0 spiro atoms. The zero-order valence-corrected chi connectivity index (χ0v) is 16.3. The molecule has 4 rings (SSSR count). The molecule has 2 fully saturated rings. The minimum atomic E-state index is -0.0216. The summed E-state index contributed by atoms with van der Waals surface area (Å²) in [6, 6.07) is 2.20. The van der Waals surface area contributed by atoms with E-state index in [2.05, 4.69) is 10.4 Å². The average Bonchev–Trinajstić information content (AvgIpc) is 2.98. The Labute approximate surface area is 161 Å². The quantitative estimate of drug-likeness (QED) is 0.830. The number of nitrogens with one attached hydrogen (secondary N) is 1. The number of hydrogen-bond acceptors (Lipinski definition) is 3. The second-order valence-electron chi connectivity index (χ2n) is 8.47. The van der Waals surface area contributed by atoms with Gasteiger partial charge < -0.3 is 10.2 Å². The first-order valence-corrected chi connectivity index (χ1v) is 10.9. The van der Waals surface area contributed by atoms with Crippen LogP contribution in [0, 0.1) is 0 Å². The molecule has 1 atom stereocenters. The van der Waals surface area contributed by atoms with Gasteiger partial charge in [-0.05, 0) is 56.9 Å². The number of aromatic nitrogens is 2. The zero-order valence-electron chi connectivity index (χ0n) is 16.3. The first-order valence-electron chi connectivity index (χ1n) is 10.9. The van der Waals surface area contributed by atoms with Gasteiger partial charge in [0.2, 0.25) is 0 Å². The monoisotopic (exact) mass is 372 g/mol. The maximum atomic E-state index is 12.9. The number of hydrogen-bond donors (Lipinski definition) is 1. The van der Waals surface area contributed by atoms with E-state index in [9.17, 15) is 9.59 Å². The lowest BCUT2D eigenvalue weighted by Gasteiger charge is -2.28. The second-order valence-corrected chi connectivity index (χ2v) is 8.47. The van der Waals surface area contributed by atoms with Crippen LogP contribution in [0.1, 0.15) is 75.5 Å². The van der Waals surface area contributed by atoms with Crippen LogP contribution in [-0.2, 0) is 19.4 Å². The normalized spacial score (nSPS) is 23.7. The lowest BCUT2D eigenvalue weighted by atomic mass is 9.97. The van der Waals surface area contributed by atoms with E-state index in [4.69, 9.17) is 0 Å². The van der Waals surface area contributed by atoms with Gasteiger partial charge in [-0.25, -0.2) is 9.48 Å². The first kappa shape index (κ1) is 18.5. The molecule has 27 heavy (non-hydrogen) atoms. The molecule has 1 aliphatic heterocycles. The largest absolute Gasteiger partial charge is 0.335 e. The topological polar surface area (TPSA) is 67.2 Å². The van der Waals surface area contributed by atoms with Gasteiger partial charge in [-0.3, -0.25) is 4.79 Å². The minimum absolute atomic E-state index is 0.0216. The second kappa shape index (κ2) is 8.44. The van der Waals surface area contributed by atoms with E-state index in [0.717, 1.165) is 69.2 Å². The number of rotatable bonds is 3. The summed E-state index contributed by atoms with van der Waals surface area (Å²) in [5, 5.41) is 7.90. The highest BCUT2D eigenvalue weighted by Crippen LogP contribution is 2.22. The van der Waals surface area contributed by atoms with Gasteiger partial charge in [0.25, 0.3) is 5.56 Å². The van der Waals surface area contributed by atoms with Crippen molar-refractivity contribution in [2.75, 3.05) is 6.54 Å². The molecule has 1 saturated heterocycles. The maximum Gasteiger partial charge on any atom is 0.317 e. The molecule has 2 amide bonds. The molecule has 0 bridgehead atoms. The summed E-state index contributed by atoms with van der Waals surface area (Å²) in [6.45, 7) is 1.30. The number of carbonyl (C=O) groups excluding carboxylic acids is 1. The number of urea groups is 1. The summed E-state index contributed by atoms with van der Waals surface area (Å²) >= 11 is 0. The smallest absolute Gasteiger partial charge is 0.317 e. The van der Waals surface area contributed by atoms with Crippen molar-refractivity contribution in [1.82, 2.24) is 20.0 Å². The zero-order chi connectivity index (χ0) is 18.6. The highest BCUT2D eigenvalue weighted by atomic mass is 16.2. The highest BCUT2D eigenvalue weighted by Gasteiger charge is 2.31. The van der Waals surface area contributed by atoms with Crippen LogP contribution in [0.2, 0.25) is 0 Å². The molecule has 1 saturated carbocycles. The third-order valence-electron chi connectivity index (χ3n) is 6.48. The molecule has 1 aromatic heterocycles. The van der Waals surface area contributed by atoms with Gasteiger partial charge >= 0.3 is 6.03 Å². The summed E-state index contributed by atoms with van der Waals surface area (Å²) < 4.78 is 1.60. The van der Waals surface area contributed by atoms with Gasteiger partial charge in [0.1, 0.15) is 0 Å². The lowest BCUT2D eigenvalue weighted by Crippen LogP contribution is -2.48. The molecule has 2 heterocycles. The number of aryl methyl sites for hydroxylation is 2. The number of fused-ring (bicyclic) bond motifs is 1. The standard InChI is InChI=1S/C21H32N4O2/c26-20-14-16-8-5-6-12-19(16)23-25(20)15-18-11-7-13-24(18)21(27)22-17-9-3-1-2-4-10-17/h14,17-18H,1-13,15H2,(H,22,27). The number of amides is 2. The Morgan fingerprint density at radius 1 is 1.04 bits per heavy atom. The van der Waals surface area contributed by atoms with Gasteiger partial charge in [-0.15, -0.1) is 0 Å². The summed E-state index contributed by atoms with van der Waals surface area (Å²) in [7, 11) is 0. The van der Waals surface area contributed by atoms with Crippen molar-refractivity contribution >= 4 is 6.03 Å². The van der Waals surface area contributed by atoms with E-state index in [-0.39, 0.29) is 17.6 Å². The average molecular weight is 373 g/mol. The van der Waals surface area contributed by atoms with Crippen molar-refractivity contribution in [3.8, 4) is 0 Å². The Morgan fingerprint density at radius 2 is 1.81 bits per heavy atom. The van der Waals surface area contributed by atoms with Crippen LogP contribution in [0.25, 0.3) is 0 Å². The molecule has 3 aliphatic rings. The third-order valence-corrected chi connectivity index (χ3v) is 6.48. The molecule has 1 N–H and O–H groups in total. The molecule has 2 aliphatic carbocycles. The minimum Gasteiger partial charge on any atom is -0.335 e. The van der Waals surface area contributed by atoms with Crippen molar-refractivity contribution in [1.29, 1.82) is 0 Å². The van der Waals surface area contributed by atoms with Crippen molar-refractivity contribution < 1.29 is 4.79 Å². The lowest BCUT2D eigenvalue weighted by molar-refractivity contribution is 0.180. The van der Waals surface area contributed by atoms with Crippen molar-refractivity contribution in [3.63, 3.8) is 0 Å². The fourth-order valence-electron chi connectivity index (χ4n) is 4.91. The molecule has 6 nitrogen and oxygen atoms in total. The van der Waals surface area contributed by atoms with Gasteiger partial charge in [0.15, 0.2) is 0 Å². The van der Waals surface area contributed by atoms with E-state index in [1.165, 1.54) is 25.7 Å². The van der Waals surface area contributed by atoms with Crippen LogP contribution in [0.3, 0.4) is 0 Å². The summed E-state index contributed by atoms with van der Waals surface area (Å²) in [5.41, 5.74) is 2.18. The van der Waals surface area contributed by atoms with Gasteiger partial charge in [0, 0.05) is 18.7 Å². The van der Waals surface area contributed by atoms with Crippen LogP contribution < -0.4 is 10.9 Å². The van der Waals surface area contributed by atoms with Gasteiger partial charge in [0.05, 0.1) is 18.3 Å². The number of likely N-dealkylation sites (tertiary alicyclic amines) is 1. The summed E-state index contributed by atoms with van der Waals surface area (Å²) in [6.07, 6.45) is 13.4. The predicted molar refractivity (Wildman–Crippen MR) is 105 cm³/mol. The van der Waals surface area contributed by atoms with Gasteiger partial charge in [-0.1, -0.05) is 25.7 Å². The molecule has 1 unspecified atom stereocenters. The van der Waals surface area contributed by atoms with E-state index in [1.807, 2.05) is 4.90 Å². The molecule has 0 aromatic carbocycles. The van der Waals surface area contributed by atoms with E-state index >= 15 is 0 Å². The third kappa shape index (κ3) is 4.36. The summed E-state index contributed by atoms with van der Waals surface area (Å²) in [5.74, 6) is 0. The Kier molecular flexibility index (Phi) is 5.79. The SMILES string of the molecule is O=C(NC1CCCCCC1)N1CCCC1Cn1nc2c(cc1=O)CCCC2. The fraction of sp³-hybridized carbons (Fsp3) is 0.762. The predicted octanol–water partition coefficient (Wildman–Crippen LogP) is 3.02. The van der Waals surface area contributed by atoms with Gasteiger partial charge in [-0.2, -0.15) is 5.10 Å². The highest BCUT2D eigenvalue weighted by molar-refractivity contribution is 5.75. The number of carbonyl (C=O) groups is 1. The molecule has 6 heteroatoms. The molecular weight excluding hydrogens is 340 g/mol. The van der Waals surface area contributed by atoms with E-state index in [0.29, 0.717) is 12.6 Å².